The molecule has 1 aliphatic carbocycles. The Morgan fingerprint density at radius 3 is 2.87 bits per heavy atom. The van der Waals surface area contributed by atoms with Gasteiger partial charge in [0.15, 0.2) is 0 Å². The highest BCUT2D eigenvalue weighted by Crippen LogP contribution is 2.29. The molecule has 1 heterocycles. The van der Waals surface area contributed by atoms with Crippen molar-refractivity contribution in [3.8, 4) is 0 Å². The van der Waals surface area contributed by atoms with Crippen LogP contribution in [0.3, 0.4) is 0 Å². The van der Waals surface area contributed by atoms with E-state index >= 15 is 0 Å². The fourth-order valence-electron chi connectivity index (χ4n) is 2.34. The first-order valence-corrected chi connectivity index (χ1v) is 5.72. The normalized spacial score (nSPS) is 20.4. The monoisotopic (exact) mass is 209 g/mol. The van der Waals surface area contributed by atoms with Crippen molar-refractivity contribution < 1.29 is 5.11 Å². The molecule has 2 rings (SSSR count). The zero-order valence-electron chi connectivity index (χ0n) is 8.97. The highest BCUT2D eigenvalue weighted by Gasteiger charge is 2.20. The fraction of sp³-hybridized carbons (Fsp3) is 0.727. The molecule has 0 amide bonds. The van der Waals surface area contributed by atoms with Crippen LogP contribution in [0.25, 0.3) is 0 Å². The van der Waals surface area contributed by atoms with Crippen molar-refractivity contribution in [3.63, 3.8) is 0 Å². The van der Waals surface area contributed by atoms with E-state index in [1.807, 2.05) is 10.7 Å². The van der Waals surface area contributed by atoms with Crippen LogP contribution >= 0.6 is 0 Å². The van der Waals surface area contributed by atoms with E-state index in [0.29, 0.717) is 6.04 Å². The van der Waals surface area contributed by atoms with Gasteiger partial charge in [-0.2, -0.15) is 5.10 Å². The van der Waals surface area contributed by atoms with Crippen molar-refractivity contribution >= 4 is 0 Å². The van der Waals surface area contributed by atoms with Crippen LogP contribution in [-0.4, -0.2) is 21.5 Å². The Hall–Kier alpha value is -0.870. The van der Waals surface area contributed by atoms with Gasteiger partial charge in [-0.15, -0.1) is 0 Å². The minimum absolute atomic E-state index is 0.0155. The lowest BCUT2D eigenvalue weighted by atomic mass is 9.95. The van der Waals surface area contributed by atoms with Crippen LogP contribution in [-0.2, 0) is 0 Å². The average molecular weight is 209 g/mol. The summed E-state index contributed by atoms with van der Waals surface area (Å²) < 4.78 is 2.01. The number of aromatic nitrogens is 2. The molecule has 84 valence electrons. The third-order valence-electron chi connectivity index (χ3n) is 3.20. The summed E-state index contributed by atoms with van der Waals surface area (Å²) in [5.41, 5.74) is 6.80. The minimum Gasteiger partial charge on any atom is -0.394 e. The van der Waals surface area contributed by atoms with Gasteiger partial charge in [0.1, 0.15) is 0 Å². The third-order valence-corrected chi connectivity index (χ3v) is 3.20. The summed E-state index contributed by atoms with van der Waals surface area (Å²) in [7, 11) is 0. The lowest BCUT2D eigenvalue weighted by Gasteiger charge is -2.25. The molecule has 0 spiro atoms. The van der Waals surface area contributed by atoms with Gasteiger partial charge in [0.25, 0.3) is 0 Å². The van der Waals surface area contributed by atoms with E-state index < -0.39 is 0 Å². The predicted molar refractivity (Wildman–Crippen MR) is 58.4 cm³/mol. The van der Waals surface area contributed by atoms with Gasteiger partial charge >= 0.3 is 0 Å². The number of hydrogen-bond donors (Lipinski definition) is 2. The highest BCUT2D eigenvalue weighted by molar-refractivity contribution is 5.07. The summed E-state index contributed by atoms with van der Waals surface area (Å²) in [5.74, 6) is 0. The van der Waals surface area contributed by atoms with Crippen LogP contribution in [0.1, 0.15) is 49.9 Å². The maximum absolute atomic E-state index is 9.06. The molecule has 0 aliphatic heterocycles. The second-order valence-corrected chi connectivity index (χ2v) is 4.28. The van der Waals surface area contributed by atoms with E-state index in [1.54, 1.807) is 6.20 Å². The second kappa shape index (κ2) is 4.77. The molecule has 1 aromatic rings. The van der Waals surface area contributed by atoms with Gasteiger partial charge in [-0.05, 0) is 18.9 Å². The van der Waals surface area contributed by atoms with Crippen molar-refractivity contribution in [2.24, 2.45) is 5.73 Å². The SMILES string of the molecule is NC(CO)c1ccnn1C1CCCCC1. The molecule has 0 aromatic carbocycles. The van der Waals surface area contributed by atoms with Crippen molar-refractivity contribution in [2.45, 2.75) is 44.2 Å². The summed E-state index contributed by atoms with van der Waals surface area (Å²) >= 11 is 0. The van der Waals surface area contributed by atoms with Crippen molar-refractivity contribution in [3.05, 3.63) is 18.0 Å². The molecular weight excluding hydrogens is 190 g/mol. The Bertz CT molecular complexity index is 305. The van der Waals surface area contributed by atoms with E-state index in [-0.39, 0.29) is 12.6 Å². The third kappa shape index (κ3) is 2.21. The van der Waals surface area contributed by atoms with Crippen molar-refractivity contribution in [1.29, 1.82) is 0 Å². The lowest BCUT2D eigenvalue weighted by molar-refractivity contribution is 0.252. The van der Waals surface area contributed by atoms with Crippen LogP contribution in [0.15, 0.2) is 12.3 Å². The maximum Gasteiger partial charge on any atom is 0.0702 e. The molecule has 1 atom stereocenters. The molecular formula is C11H19N3O. The number of hydrogen-bond acceptors (Lipinski definition) is 3. The van der Waals surface area contributed by atoms with E-state index in [2.05, 4.69) is 5.10 Å². The zero-order chi connectivity index (χ0) is 10.7. The van der Waals surface area contributed by atoms with Gasteiger partial charge in [-0.25, -0.2) is 0 Å². The standard InChI is InChI=1S/C11H19N3O/c12-10(8-15)11-6-7-13-14(11)9-4-2-1-3-5-9/h6-7,9-10,15H,1-5,8,12H2. The largest absolute Gasteiger partial charge is 0.394 e. The van der Waals surface area contributed by atoms with Gasteiger partial charge < -0.3 is 10.8 Å². The Labute approximate surface area is 90.1 Å². The average Bonchev–Trinajstić information content (AvgIpc) is 2.78. The van der Waals surface area contributed by atoms with Crippen LogP contribution in [0.5, 0.6) is 0 Å². The van der Waals surface area contributed by atoms with Gasteiger partial charge in [0, 0.05) is 6.20 Å². The first-order valence-electron chi connectivity index (χ1n) is 5.72. The number of nitrogens with zero attached hydrogens (tertiary/aromatic N) is 2. The highest BCUT2D eigenvalue weighted by atomic mass is 16.3. The van der Waals surface area contributed by atoms with E-state index in [9.17, 15) is 0 Å². The number of aliphatic hydroxyl groups is 1. The van der Waals surface area contributed by atoms with Crippen LogP contribution < -0.4 is 5.73 Å². The van der Waals surface area contributed by atoms with Crippen molar-refractivity contribution in [1.82, 2.24) is 9.78 Å². The quantitative estimate of drug-likeness (QED) is 0.790. The van der Waals surface area contributed by atoms with Crippen LogP contribution in [0.2, 0.25) is 0 Å². The van der Waals surface area contributed by atoms with E-state index in [0.717, 1.165) is 5.69 Å². The first kappa shape index (κ1) is 10.6. The molecule has 4 nitrogen and oxygen atoms in total. The number of aliphatic hydroxyl groups excluding tert-OH is 1. The van der Waals surface area contributed by atoms with Crippen molar-refractivity contribution in [2.75, 3.05) is 6.61 Å². The molecule has 1 aromatic heterocycles. The van der Waals surface area contributed by atoms with Gasteiger partial charge in [-0.1, -0.05) is 19.3 Å². The summed E-state index contributed by atoms with van der Waals surface area (Å²) in [6.07, 6.45) is 8.04. The number of rotatable bonds is 3. The zero-order valence-corrected chi connectivity index (χ0v) is 8.97. The molecule has 15 heavy (non-hydrogen) atoms. The molecule has 4 heteroatoms. The summed E-state index contributed by atoms with van der Waals surface area (Å²) in [5, 5.41) is 13.4. The Morgan fingerprint density at radius 2 is 2.20 bits per heavy atom. The molecule has 1 aliphatic rings. The molecule has 1 saturated carbocycles. The summed E-state index contributed by atoms with van der Waals surface area (Å²) in [4.78, 5) is 0. The second-order valence-electron chi connectivity index (χ2n) is 4.28. The molecule has 0 radical (unpaired) electrons. The Morgan fingerprint density at radius 1 is 1.47 bits per heavy atom. The molecule has 3 N–H and O–H groups in total. The fourth-order valence-corrected chi connectivity index (χ4v) is 2.34. The minimum atomic E-state index is -0.297. The van der Waals surface area contributed by atoms with Gasteiger partial charge in [-0.3, -0.25) is 4.68 Å². The van der Waals surface area contributed by atoms with Gasteiger partial charge in [0.2, 0.25) is 0 Å². The van der Waals surface area contributed by atoms with E-state index in [4.69, 9.17) is 10.8 Å². The number of nitrogens with two attached hydrogens (primary N) is 1. The van der Waals surface area contributed by atoms with Crippen LogP contribution in [0.4, 0.5) is 0 Å². The molecule has 1 fully saturated rings. The Kier molecular flexibility index (Phi) is 3.38. The van der Waals surface area contributed by atoms with Crippen LogP contribution in [0, 0.1) is 0 Å². The van der Waals surface area contributed by atoms with Gasteiger partial charge in [0.05, 0.1) is 24.4 Å². The smallest absolute Gasteiger partial charge is 0.0702 e. The molecule has 0 saturated heterocycles. The maximum atomic E-state index is 9.06. The topological polar surface area (TPSA) is 64.1 Å². The Balaban J connectivity index is 2.15. The molecule has 0 bridgehead atoms. The van der Waals surface area contributed by atoms with E-state index in [1.165, 1.54) is 32.1 Å². The lowest BCUT2D eigenvalue weighted by Crippen LogP contribution is -2.23. The predicted octanol–water partition coefficient (Wildman–Crippen LogP) is 1.38. The summed E-state index contributed by atoms with van der Waals surface area (Å²) in [6, 6.07) is 2.10. The molecule has 1 unspecified atom stereocenters. The first-order chi connectivity index (χ1) is 7.33. The summed E-state index contributed by atoms with van der Waals surface area (Å²) in [6.45, 7) is -0.0155.